The van der Waals surface area contributed by atoms with E-state index in [2.05, 4.69) is 4.98 Å². The van der Waals surface area contributed by atoms with E-state index >= 15 is 0 Å². The van der Waals surface area contributed by atoms with Crippen LogP contribution in [-0.2, 0) is 18.3 Å². The Morgan fingerprint density at radius 3 is 2.88 bits per heavy atom. The average Bonchev–Trinajstić information content (AvgIpc) is 2.55. The number of hydrogen-bond donors (Lipinski definition) is 0. The van der Waals surface area contributed by atoms with E-state index in [9.17, 15) is 4.79 Å². The highest BCUT2D eigenvalue weighted by Crippen LogP contribution is 2.23. The third kappa shape index (κ3) is 1.95. The van der Waals surface area contributed by atoms with Crippen molar-refractivity contribution >= 4 is 28.4 Å². The molecule has 1 heterocycles. The monoisotopic (exact) mass is 236 g/mol. The van der Waals surface area contributed by atoms with Crippen LogP contribution in [0.25, 0.3) is 11.0 Å². The minimum atomic E-state index is 0.179. The molecule has 0 bridgehead atoms. The maximum Gasteiger partial charge on any atom is 0.130 e. The molecule has 1 aromatic carbocycles. The maximum absolute atomic E-state index is 10.9. The lowest BCUT2D eigenvalue weighted by molar-refractivity contribution is -0.117. The lowest BCUT2D eigenvalue weighted by Crippen LogP contribution is -2.01. The van der Waals surface area contributed by atoms with E-state index in [1.54, 1.807) is 6.92 Å². The van der Waals surface area contributed by atoms with Crippen molar-refractivity contribution in [3.63, 3.8) is 0 Å². The summed E-state index contributed by atoms with van der Waals surface area (Å²) in [5.41, 5.74) is 1.82. The summed E-state index contributed by atoms with van der Waals surface area (Å²) in [6.45, 7) is 1.59. The van der Waals surface area contributed by atoms with E-state index in [0.29, 0.717) is 17.9 Å². The molecular formula is C12H13ClN2O. The lowest BCUT2D eigenvalue weighted by Gasteiger charge is -2.00. The van der Waals surface area contributed by atoms with Crippen LogP contribution in [0.15, 0.2) is 18.2 Å². The van der Waals surface area contributed by atoms with E-state index in [1.807, 2.05) is 29.8 Å². The number of hydrogen-bond acceptors (Lipinski definition) is 2. The molecule has 0 saturated carbocycles. The number of para-hydroxylation sites is 1. The molecule has 0 unspecified atom stereocenters. The summed E-state index contributed by atoms with van der Waals surface area (Å²) in [5.74, 6) is 1.08. The summed E-state index contributed by atoms with van der Waals surface area (Å²) in [7, 11) is 1.95. The van der Waals surface area contributed by atoms with Gasteiger partial charge in [0.05, 0.1) is 10.5 Å². The third-order valence-corrected chi connectivity index (χ3v) is 2.96. The lowest BCUT2D eigenvalue weighted by atomic mass is 10.2. The minimum absolute atomic E-state index is 0.179. The standard InChI is InChI=1S/C12H13ClN2O/c1-8(16)6-7-11-14-12-9(13)4-3-5-10(12)15(11)2/h3-5H,6-7H2,1-2H3. The van der Waals surface area contributed by atoms with Gasteiger partial charge in [-0.05, 0) is 19.1 Å². The number of ketones is 1. The van der Waals surface area contributed by atoms with Crippen LogP contribution >= 0.6 is 11.6 Å². The Morgan fingerprint density at radius 1 is 1.50 bits per heavy atom. The molecule has 0 N–H and O–H groups in total. The van der Waals surface area contributed by atoms with Gasteiger partial charge in [0.2, 0.25) is 0 Å². The minimum Gasteiger partial charge on any atom is -0.331 e. The molecule has 16 heavy (non-hydrogen) atoms. The summed E-state index contributed by atoms with van der Waals surface area (Å²) in [6, 6.07) is 5.71. The number of fused-ring (bicyclic) bond motifs is 1. The Hall–Kier alpha value is -1.35. The Kier molecular flexibility index (Phi) is 2.97. The number of carbonyl (C=O) groups excluding carboxylic acids is 1. The van der Waals surface area contributed by atoms with Crippen molar-refractivity contribution in [1.29, 1.82) is 0 Å². The van der Waals surface area contributed by atoms with Gasteiger partial charge in [-0.2, -0.15) is 0 Å². The number of nitrogens with zero attached hydrogens (tertiary/aromatic N) is 2. The fraction of sp³-hybridized carbons (Fsp3) is 0.333. The molecule has 1 aromatic heterocycles. The fourth-order valence-electron chi connectivity index (χ4n) is 1.74. The zero-order valence-electron chi connectivity index (χ0n) is 9.33. The van der Waals surface area contributed by atoms with E-state index in [1.165, 1.54) is 0 Å². The van der Waals surface area contributed by atoms with E-state index in [-0.39, 0.29) is 5.78 Å². The van der Waals surface area contributed by atoms with Crippen LogP contribution in [-0.4, -0.2) is 15.3 Å². The van der Waals surface area contributed by atoms with Crippen molar-refractivity contribution in [2.75, 3.05) is 0 Å². The van der Waals surface area contributed by atoms with Crippen LogP contribution < -0.4 is 0 Å². The molecule has 0 aliphatic rings. The smallest absolute Gasteiger partial charge is 0.130 e. The molecule has 0 radical (unpaired) electrons. The Bertz CT molecular complexity index is 545. The highest BCUT2D eigenvalue weighted by atomic mass is 35.5. The number of rotatable bonds is 3. The molecule has 0 atom stereocenters. The molecule has 84 valence electrons. The van der Waals surface area contributed by atoms with Crippen LogP contribution in [0.3, 0.4) is 0 Å². The van der Waals surface area contributed by atoms with Gasteiger partial charge in [-0.15, -0.1) is 0 Å². The average molecular weight is 237 g/mol. The predicted molar refractivity (Wildman–Crippen MR) is 64.7 cm³/mol. The Morgan fingerprint density at radius 2 is 2.25 bits per heavy atom. The molecule has 3 nitrogen and oxygen atoms in total. The number of Topliss-reactive ketones (excluding diaryl/α,β-unsaturated/α-hetero) is 1. The Labute approximate surface area is 99.0 Å². The second kappa shape index (κ2) is 4.26. The van der Waals surface area contributed by atoms with Crippen molar-refractivity contribution in [3.05, 3.63) is 29.0 Å². The topological polar surface area (TPSA) is 34.9 Å². The number of aromatic nitrogens is 2. The van der Waals surface area contributed by atoms with Gasteiger partial charge in [-0.1, -0.05) is 17.7 Å². The van der Waals surface area contributed by atoms with Gasteiger partial charge >= 0.3 is 0 Å². The van der Waals surface area contributed by atoms with Gasteiger partial charge in [-0.25, -0.2) is 4.98 Å². The van der Waals surface area contributed by atoms with Crippen LogP contribution in [0.2, 0.25) is 5.02 Å². The normalized spacial score (nSPS) is 10.9. The molecule has 0 amide bonds. The van der Waals surface area contributed by atoms with Crippen LogP contribution in [0.4, 0.5) is 0 Å². The van der Waals surface area contributed by atoms with E-state index in [0.717, 1.165) is 16.9 Å². The van der Waals surface area contributed by atoms with Crippen LogP contribution in [0.1, 0.15) is 19.2 Å². The first kappa shape index (κ1) is 11.1. The van der Waals surface area contributed by atoms with Gasteiger partial charge in [0, 0.05) is 19.9 Å². The number of aryl methyl sites for hydroxylation is 2. The largest absolute Gasteiger partial charge is 0.331 e. The van der Waals surface area contributed by atoms with Crippen molar-refractivity contribution in [2.45, 2.75) is 19.8 Å². The second-order valence-corrected chi connectivity index (χ2v) is 4.30. The predicted octanol–water partition coefficient (Wildman–Crippen LogP) is 2.75. The molecule has 4 heteroatoms. The first-order chi connectivity index (χ1) is 7.59. The summed E-state index contributed by atoms with van der Waals surface area (Å²) < 4.78 is 1.99. The van der Waals surface area contributed by atoms with Gasteiger partial charge in [0.15, 0.2) is 0 Å². The number of benzene rings is 1. The van der Waals surface area contributed by atoms with Crippen LogP contribution in [0, 0.1) is 0 Å². The number of imidazole rings is 1. The summed E-state index contributed by atoms with van der Waals surface area (Å²) in [5, 5.41) is 0.655. The Balaban J connectivity index is 2.44. The van der Waals surface area contributed by atoms with E-state index < -0.39 is 0 Å². The first-order valence-electron chi connectivity index (χ1n) is 5.19. The fourth-order valence-corrected chi connectivity index (χ4v) is 1.95. The summed E-state index contributed by atoms with van der Waals surface area (Å²) in [6.07, 6.45) is 1.19. The summed E-state index contributed by atoms with van der Waals surface area (Å²) >= 11 is 6.06. The highest BCUT2D eigenvalue weighted by molar-refractivity contribution is 6.34. The van der Waals surface area contributed by atoms with Gasteiger partial charge in [0.1, 0.15) is 17.1 Å². The number of halogens is 1. The SMILES string of the molecule is CC(=O)CCc1nc2c(Cl)cccc2n1C. The van der Waals surface area contributed by atoms with Crippen molar-refractivity contribution in [3.8, 4) is 0 Å². The molecule has 0 fully saturated rings. The summed E-state index contributed by atoms with van der Waals surface area (Å²) in [4.78, 5) is 15.4. The number of carbonyl (C=O) groups is 1. The van der Waals surface area contributed by atoms with Gasteiger partial charge in [0.25, 0.3) is 0 Å². The van der Waals surface area contributed by atoms with Crippen molar-refractivity contribution in [1.82, 2.24) is 9.55 Å². The molecule has 0 spiro atoms. The maximum atomic E-state index is 10.9. The first-order valence-corrected chi connectivity index (χ1v) is 5.56. The zero-order chi connectivity index (χ0) is 11.7. The second-order valence-electron chi connectivity index (χ2n) is 3.90. The molecule has 2 rings (SSSR count). The molecule has 0 aliphatic carbocycles. The molecule has 0 aliphatic heterocycles. The third-order valence-electron chi connectivity index (χ3n) is 2.66. The van der Waals surface area contributed by atoms with E-state index in [4.69, 9.17) is 11.6 Å². The zero-order valence-corrected chi connectivity index (χ0v) is 10.1. The van der Waals surface area contributed by atoms with Crippen molar-refractivity contribution in [2.24, 2.45) is 7.05 Å². The quantitative estimate of drug-likeness (QED) is 0.822. The molecule has 0 saturated heterocycles. The highest BCUT2D eigenvalue weighted by Gasteiger charge is 2.10. The van der Waals surface area contributed by atoms with Crippen LogP contribution in [0.5, 0.6) is 0 Å². The molecular weight excluding hydrogens is 224 g/mol. The molecule has 2 aromatic rings. The van der Waals surface area contributed by atoms with Gasteiger partial charge in [-0.3, -0.25) is 0 Å². The van der Waals surface area contributed by atoms with Gasteiger partial charge < -0.3 is 9.36 Å². The van der Waals surface area contributed by atoms with Crippen molar-refractivity contribution < 1.29 is 4.79 Å².